The molecule has 0 rings (SSSR count). The van der Waals surface area contributed by atoms with Crippen LogP contribution in [0.4, 0.5) is 0 Å². The molecule has 0 saturated heterocycles. The van der Waals surface area contributed by atoms with Gasteiger partial charge >= 0.3 is 0 Å². The lowest BCUT2D eigenvalue weighted by Crippen LogP contribution is -2.36. The Balaban J connectivity index is 4.03. The van der Waals surface area contributed by atoms with Gasteiger partial charge in [-0.15, -0.1) is 0 Å². The van der Waals surface area contributed by atoms with Crippen LogP contribution in [0.3, 0.4) is 0 Å². The molecule has 62 valence electrons. The molecule has 0 aromatic heterocycles. The van der Waals surface area contributed by atoms with E-state index in [9.17, 15) is 0 Å². The molecule has 0 aromatic rings. The summed E-state index contributed by atoms with van der Waals surface area (Å²) >= 11 is 0. The predicted octanol–water partition coefficient (Wildman–Crippen LogP) is 1.53. The maximum absolute atomic E-state index is 5.64. The largest absolute Gasteiger partial charge is 0.463 e. The van der Waals surface area contributed by atoms with Gasteiger partial charge in [-0.2, -0.15) is 0 Å². The van der Waals surface area contributed by atoms with E-state index >= 15 is 0 Å². The fraction of sp³-hybridized carbons (Fsp3) is 1.00. The molecule has 10 heavy (non-hydrogen) atoms. The predicted molar refractivity (Wildman–Crippen MR) is 52.8 cm³/mol. The zero-order valence-corrected chi connectivity index (χ0v) is 11.1. The van der Waals surface area contributed by atoms with E-state index in [-0.39, 0.29) is 0 Å². The van der Waals surface area contributed by atoms with Crippen LogP contribution in [-0.2, 0) is 4.12 Å². The van der Waals surface area contributed by atoms with Gasteiger partial charge in [0.2, 0.25) is 0 Å². The minimum absolute atomic E-state index is 0.774. The SMILES string of the molecule is CC(C)C(C)[Si](C)(C)O[SiH3]. The molecule has 0 bridgehead atoms. The van der Waals surface area contributed by atoms with E-state index in [1.807, 2.05) is 0 Å². The fourth-order valence-electron chi connectivity index (χ4n) is 0.989. The van der Waals surface area contributed by atoms with Crippen molar-refractivity contribution in [2.45, 2.75) is 39.4 Å². The van der Waals surface area contributed by atoms with Gasteiger partial charge in [0.15, 0.2) is 8.32 Å². The second-order valence-electron chi connectivity index (χ2n) is 3.84. The van der Waals surface area contributed by atoms with Crippen molar-refractivity contribution >= 4 is 18.8 Å². The summed E-state index contributed by atoms with van der Waals surface area (Å²) in [7, 11) is -0.379. The molecule has 0 aliphatic carbocycles. The zero-order chi connectivity index (χ0) is 8.36. The summed E-state index contributed by atoms with van der Waals surface area (Å²) in [6, 6.07) is 0. The van der Waals surface area contributed by atoms with Gasteiger partial charge in [-0.05, 0) is 24.6 Å². The van der Waals surface area contributed by atoms with Crippen molar-refractivity contribution in [1.82, 2.24) is 0 Å². The molecule has 0 N–H and O–H groups in total. The van der Waals surface area contributed by atoms with Crippen LogP contribution < -0.4 is 0 Å². The van der Waals surface area contributed by atoms with Crippen molar-refractivity contribution in [2.75, 3.05) is 0 Å². The third-order valence-electron chi connectivity index (χ3n) is 2.62. The van der Waals surface area contributed by atoms with Gasteiger partial charge in [0, 0.05) is 0 Å². The first-order chi connectivity index (χ1) is 4.41. The highest BCUT2D eigenvalue weighted by atomic mass is 28.4. The van der Waals surface area contributed by atoms with Crippen LogP contribution in [0.5, 0.6) is 0 Å². The van der Waals surface area contributed by atoms with Crippen LogP contribution in [0, 0.1) is 5.92 Å². The molecule has 0 aromatic carbocycles. The van der Waals surface area contributed by atoms with Crippen molar-refractivity contribution < 1.29 is 4.12 Å². The summed E-state index contributed by atoms with van der Waals surface area (Å²) in [6.45, 7) is 11.5. The van der Waals surface area contributed by atoms with Gasteiger partial charge < -0.3 is 4.12 Å². The third kappa shape index (κ3) is 2.56. The van der Waals surface area contributed by atoms with Crippen LogP contribution in [0.15, 0.2) is 0 Å². The highest BCUT2D eigenvalue weighted by Gasteiger charge is 2.29. The van der Waals surface area contributed by atoms with Crippen LogP contribution >= 0.6 is 0 Å². The van der Waals surface area contributed by atoms with Crippen LogP contribution in [-0.4, -0.2) is 18.8 Å². The smallest absolute Gasteiger partial charge is 0.175 e. The molecular weight excluding hydrogens is 156 g/mol. The average Bonchev–Trinajstić information content (AvgIpc) is 1.86. The standard InChI is InChI=1S/C7H20OSi2/c1-6(2)7(3)10(4,5)8-9/h6-7H,1-5,9H3. The average molecular weight is 176 g/mol. The Hall–Kier alpha value is 0.394. The third-order valence-corrected chi connectivity index (χ3v) is 9.69. The lowest BCUT2D eigenvalue weighted by Gasteiger charge is -2.31. The highest BCUT2D eigenvalue weighted by molar-refractivity contribution is 6.75. The number of hydrogen-bond acceptors (Lipinski definition) is 1. The molecule has 0 amide bonds. The fourth-order valence-corrected chi connectivity index (χ4v) is 4.08. The maximum atomic E-state index is 5.64. The van der Waals surface area contributed by atoms with Gasteiger partial charge in [0.05, 0.1) is 0 Å². The van der Waals surface area contributed by atoms with Gasteiger partial charge in [-0.1, -0.05) is 20.8 Å². The van der Waals surface area contributed by atoms with Gasteiger partial charge in [0.25, 0.3) is 0 Å². The summed E-state index contributed by atoms with van der Waals surface area (Å²) in [4.78, 5) is 0. The molecular formula is C7H20OSi2. The molecule has 0 fully saturated rings. The summed E-state index contributed by atoms with van der Waals surface area (Å²) in [6.07, 6.45) is 0. The Morgan fingerprint density at radius 1 is 1.20 bits per heavy atom. The second kappa shape index (κ2) is 3.69. The van der Waals surface area contributed by atoms with E-state index in [0.717, 1.165) is 21.9 Å². The van der Waals surface area contributed by atoms with Crippen molar-refractivity contribution in [3.63, 3.8) is 0 Å². The summed E-state index contributed by atoms with van der Waals surface area (Å²) in [5.74, 6) is 0.774. The second-order valence-corrected chi connectivity index (χ2v) is 9.59. The molecule has 0 spiro atoms. The first kappa shape index (κ1) is 10.4. The first-order valence-corrected chi connectivity index (χ1v) is 7.77. The van der Waals surface area contributed by atoms with E-state index in [4.69, 9.17) is 4.12 Å². The Morgan fingerprint density at radius 2 is 1.60 bits per heavy atom. The van der Waals surface area contributed by atoms with E-state index in [1.54, 1.807) is 0 Å². The quantitative estimate of drug-likeness (QED) is 0.593. The Labute approximate surface area is 68.8 Å². The number of hydrogen-bond donors (Lipinski definition) is 0. The Bertz CT molecular complexity index is 102. The topological polar surface area (TPSA) is 9.23 Å². The van der Waals surface area contributed by atoms with E-state index in [1.165, 1.54) is 0 Å². The van der Waals surface area contributed by atoms with Gasteiger partial charge in [-0.25, -0.2) is 0 Å². The molecule has 3 heteroatoms. The minimum atomic E-state index is -1.28. The summed E-state index contributed by atoms with van der Waals surface area (Å²) in [5, 5.41) is 0. The molecule has 0 aliphatic rings. The molecule has 0 radical (unpaired) electrons. The van der Waals surface area contributed by atoms with Crippen molar-refractivity contribution in [3.8, 4) is 0 Å². The number of rotatable bonds is 3. The molecule has 1 atom stereocenters. The minimum Gasteiger partial charge on any atom is -0.463 e. The molecule has 1 nitrogen and oxygen atoms in total. The van der Waals surface area contributed by atoms with Crippen molar-refractivity contribution in [3.05, 3.63) is 0 Å². The maximum Gasteiger partial charge on any atom is 0.175 e. The van der Waals surface area contributed by atoms with E-state index in [0.29, 0.717) is 0 Å². The van der Waals surface area contributed by atoms with Crippen molar-refractivity contribution in [1.29, 1.82) is 0 Å². The molecule has 0 heterocycles. The molecule has 1 unspecified atom stereocenters. The Morgan fingerprint density at radius 3 is 1.70 bits per heavy atom. The molecule has 0 saturated carbocycles. The lowest BCUT2D eigenvalue weighted by molar-refractivity contribution is 0.514. The highest BCUT2D eigenvalue weighted by Crippen LogP contribution is 2.28. The van der Waals surface area contributed by atoms with E-state index in [2.05, 4.69) is 33.9 Å². The molecule has 0 aliphatic heterocycles. The van der Waals surface area contributed by atoms with Gasteiger partial charge in [-0.3, -0.25) is 0 Å². The lowest BCUT2D eigenvalue weighted by atomic mass is 10.1. The van der Waals surface area contributed by atoms with Crippen LogP contribution in [0.1, 0.15) is 20.8 Å². The summed E-state index contributed by atoms with van der Waals surface area (Å²) in [5.41, 5.74) is 0.782. The van der Waals surface area contributed by atoms with E-state index < -0.39 is 8.32 Å². The van der Waals surface area contributed by atoms with Crippen LogP contribution in [0.25, 0.3) is 0 Å². The summed E-state index contributed by atoms with van der Waals surface area (Å²) < 4.78 is 5.64. The van der Waals surface area contributed by atoms with Gasteiger partial charge in [0.1, 0.15) is 10.5 Å². The zero-order valence-electron chi connectivity index (χ0n) is 8.06. The Kier molecular flexibility index (Phi) is 3.83. The monoisotopic (exact) mass is 176 g/mol. The van der Waals surface area contributed by atoms with Crippen LogP contribution in [0.2, 0.25) is 18.6 Å². The normalized spacial score (nSPS) is 16.2. The van der Waals surface area contributed by atoms with Crippen molar-refractivity contribution in [2.24, 2.45) is 5.92 Å². The first-order valence-electron chi connectivity index (χ1n) is 3.97.